The largest absolute Gasteiger partial charge is 0.384 e. The van der Waals surface area contributed by atoms with E-state index in [-0.39, 0.29) is 5.91 Å². The number of anilines is 1. The smallest absolute Gasteiger partial charge is 0.255 e. The average molecular weight is 303 g/mol. The quantitative estimate of drug-likeness (QED) is 0.855. The van der Waals surface area contributed by atoms with Gasteiger partial charge in [-0.2, -0.15) is 0 Å². The molecule has 0 unspecified atom stereocenters. The fourth-order valence-corrected chi connectivity index (χ4v) is 3.45. The van der Waals surface area contributed by atoms with Gasteiger partial charge in [-0.1, -0.05) is 0 Å². The van der Waals surface area contributed by atoms with Crippen molar-refractivity contribution in [2.24, 2.45) is 5.92 Å². The Kier molecular flexibility index (Phi) is 4.93. The van der Waals surface area contributed by atoms with Crippen LogP contribution in [0.2, 0.25) is 0 Å². The van der Waals surface area contributed by atoms with Crippen molar-refractivity contribution in [2.75, 3.05) is 44.8 Å². The number of amides is 1. The molecule has 1 atom stereocenters. The van der Waals surface area contributed by atoms with E-state index in [0.29, 0.717) is 11.5 Å². The zero-order chi connectivity index (χ0) is 15.4. The summed E-state index contributed by atoms with van der Waals surface area (Å²) in [4.78, 5) is 21.3. The molecule has 0 radical (unpaired) electrons. The number of hydrogen-bond acceptors (Lipinski definition) is 4. The number of likely N-dealkylation sites (tertiary alicyclic amines) is 1. The van der Waals surface area contributed by atoms with E-state index >= 15 is 0 Å². The lowest BCUT2D eigenvalue weighted by Crippen LogP contribution is -2.41. The minimum Gasteiger partial charge on any atom is -0.384 e. The van der Waals surface area contributed by atoms with Crippen LogP contribution < -0.4 is 4.90 Å². The van der Waals surface area contributed by atoms with Gasteiger partial charge >= 0.3 is 0 Å². The molecule has 1 aromatic rings. The number of methoxy groups -OCH3 is 1. The van der Waals surface area contributed by atoms with Crippen LogP contribution in [0.1, 0.15) is 36.0 Å². The first kappa shape index (κ1) is 15.3. The lowest BCUT2D eigenvalue weighted by molar-refractivity contribution is 0.0570. The lowest BCUT2D eigenvalue weighted by Gasteiger charge is -2.32. The minimum absolute atomic E-state index is 0.0984. The highest BCUT2D eigenvalue weighted by Crippen LogP contribution is 2.21. The molecule has 0 spiro atoms. The number of aromatic nitrogens is 1. The van der Waals surface area contributed by atoms with Gasteiger partial charge in [0, 0.05) is 39.5 Å². The van der Waals surface area contributed by atoms with E-state index in [1.54, 1.807) is 13.3 Å². The van der Waals surface area contributed by atoms with Crippen LogP contribution in [0.3, 0.4) is 0 Å². The molecule has 0 saturated carbocycles. The molecule has 0 aromatic carbocycles. The molecule has 3 rings (SSSR count). The third-order valence-electron chi connectivity index (χ3n) is 4.63. The topological polar surface area (TPSA) is 45.7 Å². The van der Waals surface area contributed by atoms with E-state index in [1.807, 2.05) is 17.0 Å². The Morgan fingerprint density at radius 2 is 2.09 bits per heavy atom. The Hall–Kier alpha value is -1.62. The van der Waals surface area contributed by atoms with E-state index in [4.69, 9.17) is 4.74 Å². The molecule has 0 aliphatic carbocycles. The summed E-state index contributed by atoms with van der Waals surface area (Å²) in [6.07, 6.45) is 6.40. The fraction of sp³-hybridized carbons (Fsp3) is 0.647. The second-order valence-electron chi connectivity index (χ2n) is 6.31. The Labute approximate surface area is 132 Å². The van der Waals surface area contributed by atoms with Crippen LogP contribution in [-0.4, -0.2) is 55.7 Å². The molecule has 3 heterocycles. The van der Waals surface area contributed by atoms with Crippen molar-refractivity contribution in [2.45, 2.75) is 25.7 Å². The van der Waals surface area contributed by atoms with Crippen LogP contribution in [0.25, 0.3) is 0 Å². The molecule has 1 aromatic heterocycles. The molecule has 2 aliphatic heterocycles. The Bertz CT molecular complexity index is 495. The van der Waals surface area contributed by atoms with Crippen LogP contribution in [0.15, 0.2) is 18.3 Å². The van der Waals surface area contributed by atoms with Crippen molar-refractivity contribution in [3.8, 4) is 0 Å². The second kappa shape index (κ2) is 7.09. The van der Waals surface area contributed by atoms with Gasteiger partial charge in [0.1, 0.15) is 5.82 Å². The molecular weight excluding hydrogens is 278 g/mol. The second-order valence-corrected chi connectivity index (χ2v) is 6.31. The number of rotatable bonds is 4. The lowest BCUT2D eigenvalue weighted by atomic mass is 9.98. The summed E-state index contributed by atoms with van der Waals surface area (Å²) in [6.45, 7) is 4.51. The van der Waals surface area contributed by atoms with Crippen molar-refractivity contribution in [1.82, 2.24) is 9.88 Å². The van der Waals surface area contributed by atoms with E-state index < -0.39 is 0 Å². The van der Waals surface area contributed by atoms with E-state index in [9.17, 15) is 4.79 Å². The third-order valence-corrected chi connectivity index (χ3v) is 4.63. The molecule has 5 heteroatoms. The van der Waals surface area contributed by atoms with Gasteiger partial charge in [0.05, 0.1) is 12.2 Å². The van der Waals surface area contributed by atoms with Gasteiger partial charge in [-0.15, -0.1) is 0 Å². The van der Waals surface area contributed by atoms with Gasteiger partial charge in [0.25, 0.3) is 5.91 Å². The molecule has 1 amide bonds. The number of carbonyl (C=O) groups is 1. The summed E-state index contributed by atoms with van der Waals surface area (Å²) >= 11 is 0. The molecule has 120 valence electrons. The van der Waals surface area contributed by atoms with Crippen LogP contribution in [0.5, 0.6) is 0 Å². The normalized spacial score (nSPS) is 22.1. The van der Waals surface area contributed by atoms with Gasteiger partial charge in [0.15, 0.2) is 0 Å². The fourth-order valence-electron chi connectivity index (χ4n) is 3.45. The maximum Gasteiger partial charge on any atom is 0.255 e. The standard InChI is InChI=1S/C17H25N3O2/c1-22-13-14-5-4-10-20(12-14)17(21)15-6-7-16(18-11-15)19-8-2-3-9-19/h6-7,11,14H,2-5,8-10,12-13H2,1H3/t14-/m0/s1. The molecule has 2 saturated heterocycles. The van der Waals surface area contributed by atoms with Gasteiger partial charge < -0.3 is 14.5 Å². The van der Waals surface area contributed by atoms with Crippen molar-refractivity contribution >= 4 is 11.7 Å². The van der Waals surface area contributed by atoms with Crippen molar-refractivity contribution in [3.63, 3.8) is 0 Å². The monoisotopic (exact) mass is 303 g/mol. The number of hydrogen-bond donors (Lipinski definition) is 0. The summed E-state index contributed by atoms with van der Waals surface area (Å²) in [6, 6.07) is 3.90. The van der Waals surface area contributed by atoms with Gasteiger partial charge in [0.2, 0.25) is 0 Å². The number of piperidine rings is 1. The highest BCUT2D eigenvalue weighted by atomic mass is 16.5. The Morgan fingerprint density at radius 3 is 2.77 bits per heavy atom. The van der Waals surface area contributed by atoms with Crippen LogP contribution in [0.4, 0.5) is 5.82 Å². The molecule has 0 N–H and O–H groups in total. The number of carbonyl (C=O) groups excluding carboxylic acids is 1. The number of nitrogens with zero attached hydrogens (tertiary/aromatic N) is 3. The van der Waals surface area contributed by atoms with Crippen molar-refractivity contribution < 1.29 is 9.53 Å². The van der Waals surface area contributed by atoms with Crippen LogP contribution in [-0.2, 0) is 4.74 Å². The molecule has 2 aliphatic rings. The molecular formula is C17H25N3O2. The number of pyridine rings is 1. The Morgan fingerprint density at radius 1 is 1.27 bits per heavy atom. The summed E-state index contributed by atoms with van der Waals surface area (Å²) in [5, 5.41) is 0. The molecule has 2 fully saturated rings. The first-order valence-electron chi connectivity index (χ1n) is 8.27. The van der Waals surface area contributed by atoms with E-state index in [2.05, 4.69) is 9.88 Å². The van der Waals surface area contributed by atoms with Gasteiger partial charge in [-0.25, -0.2) is 4.98 Å². The summed E-state index contributed by atoms with van der Waals surface area (Å²) < 4.78 is 5.23. The molecule has 22 heavy (non-hydrogen) atoms. The summed E-state index contributed by atoms with van der Waals surface area (Å²) in [5.41, 5.74) is 0.695. The maximum atomic E-state index is 12.6. The first-order valence-corrected chi connectivity index (χ1v) is 8.27. The zero-order valence-corrected chi connectivity index (χ0v) is 13.3. The van der Waals surface area contributed by atoms with Crippen LogP contribution in [0, 0.1) is 5.92 Å². The highest BCUT2D eigenvalue weighted by molar-refractivity contribution is 5.94. The third kappa shape index (κ3) is 3.40. The van der Waals surface area contributed by atoms with Gasteiger partial charge in [-0.3, -0.25) is 4.79 Å². The summed E-state index contributed by atoms with van der Waals surface area (Å²) in [7, 11) is 1.72. The number of ether oxygens (including phenoxy) is 1. The van der Waals surface area contributed by atoms with Crippen molar-refractivity contribution in [3.05, 3.63) is 23.9 Å². The predicted molar refractivity (Wildman–Crippen MR) is 86.2 cm³/mol. The van der Waals surface area contributed by atoms with E-state index in [0.717, 1.165) is 51.4 Å². The minimum atomic E-state index is 0.0984. The maximum absolute atomic E-state index is 12.6. The Balaban J connectivity index is 1.64. The van der Waals surface area contributed by atoms with Crippen molar-refractivity contribution in [1.29, 1.82) is 0 Å². The van der Waals surface area contributed by atoms with E-state index in [1.165, 1.54) is 12.8 Å². The van der Waals surface area contributed by atoms with Gasteiger partial charge in [-0.05, 0) is 43.7 Å². The molecule has 5 nitrogen and oxygen atoms in total. The predicted octanol–water partition coefficient (Wildman–Crippen LogP) is 2.18. The van der Waals surface area contributed by atoms with Crippen LogP contribution >= 0.6 is 0 Å². The molecule has 0 bridgehead atoms. The SMILES string of the molecule is COC[C@H]1CCCN(C(=O)c2ccc(N3CCCC3)nc2)C1. The highest BCUT2D eigenvalue weighted by Gasteiger charge is 2.24. The average Bonchev–Trinajstić information content (AvgIpc) is 3.09. The zero-order valence-electron chi connectivity index (χ0n) is 13.3. The summed E-state index contributed by atoms with van der Waals surface area (Å²) in [5.74, 6) is 1.55. The first-order chi connectivity index (χ1) is 10.8.